The number of aromatic carboxylic acids is 1. The molecule has 1 fully saturated rings. The fourth-order valence-electron chi connectivity index (χ4n) is 2.23. The minimum atomic E-state index is -1.17. The van der Waals surface area contributed by atoms with Crippen molar-refractivity contribution in [1.29, 1.82) is 0 Å². The first-order valence-corrected chi connectivity index (χ1v) is 6.25. The molecule has 1 saturated carbocycles. The Labute approximate surface area is 110 Å². The zero-order chi connectivity index (χ0) is 13.8. The summed E-state index contributed by atoms with van der Waals surface area (Å²) in [6.07, 6.45) is 3.80. The summed E-state index contributed by atoms with van der Waals surface area (Å²) in [6.45, 7) is 0. The van der Waals surface area contributed by atoms with E-state index in [1.807, 2.05) is 0 Å². The molecule has 0 aromatic carbocycles. The van der Waals surface area contributed by atoms with Gasteiger partial charge >= 0.3 is 5.97 Å². The Morgan fingerprint density at radius 1 is 1.26 bits per heavy atom. The van der Waals surface area contributed by atoms with E-state index >= 15 is 0 Å². The lowest BCUT2D eigenvalue weighted by molar-refractivity contribution is 0.0688. The fourth-order valence-corrected chi connectivity index (χ4v) is 2.23. The molecule has 0 bridgehead atoms. The van der Waals surface area contributed by atoms with Crippen molar-refractivity contribution in [3.63, 3.8) is 0 Å². The van der Waals surface area contributed by atoms with Crippen LogP contribution in [0.25, 0.3) is 0 Å². The summed E-state index contributed by atoms with van der Waals surface area (Å²) in [4.78, 5) is 26.9. The van der Waals surface area contributed by atoms with Gasteiger partial charge in [-0.25, -0.2) is 4.79 Å². The Balaban J connectivity index is 2.06. The Morgan fingerprint density at radius 3 is 2.58 bits per heavy atom. The van der Waals surface area contributed by atoms with Gasteiger partial charge < -0.3 is 15.5 Å². The van der Waals surface area contributed by atoms with Gasteiger partial charge in [-0.3, -0.25) is 9.78 Å². The van der Waals surface area contributed by atoms with Crippen molar-refractivity contribution in [2.24, 2.45) is 0 Å². The van der Waals surface area contributed by atoms with Crippen LogP contribution in [0.4, 0.5) is 0 Å². The summed E-state index contributed by atoms with van der Waals surface area (Å²) in [5, 5.41) is 21.2. The van der Waals surface area contributed by atoms with Crippen LogP contribution in [0.2, 0.25) is 0 Å². The van der Waals surface area contributed by atoms with E-state index in [4.69, 9.17) is 5.11 Å². The van der Waals surface area contributed by atoms with Gasteiger partial charge in [0.2, 0.25) is 0 Å². The SMILES string of the molecule is O=C(O)c1cccnc1C(=O)NC1CCC(O)CC1. The molecule has 2 rings (SSSR count). The van der Waals surface area contributed by atoms with Gasteiger partial charge in [-0.2, -0.15) is 0 Å². The maximum atomic E-state index is 12.0. The number of nitrogens with zero attached hydrogens (tertiary/aromatic N) is 1. The molecule has 1 heterocycles. The summed E-state index contributed by atoms with van der Waals surface area (Å²) >= 11 is 0. The Hall–Kier alpha value is -1.95. The Bertz CT molecular complexity index is 481. The number of aliphatic hydroxyl groups excluding tert-OH is 1. The van der Waals surface area contributed by atoms with Crippen molar-refractivity contribution in [3.8, 4) is 0 Å². The smallest absolute Gasteiger partial charge is 0.338 e. The third-order valence-corrected chi connectivity index (χ3v) is 3.29. The molecule has 3 N–H and O–H groups in total. The molecule has 1 amide bonds. The minimum Gasteiger partial charge on any atom is -0.478 e. The highest BCUT2D eigenvalue weighted by atomic mass is 16.4. The van der Waals surface area contributed by atoms with Gasteiger partial charge in [-0.05, 0) is 37.8 Å². The van der Waals surface area contributed by atoms with E-state index in [9.17, 15) is 14.7 Å². The highest BCUT2D eigenvalue weighted by molar-refractivity contribution is 6.03. The monoisotopic (exact) mass is 264 g/mol. The number of hydrogen-bond acceptors (Lipinski definition) is 4. The molecule has 0 unspecified atom stereocenters. The zero-order valence-corrected chi connectivity index (χ0v) is 10.4. The lowest BCUT2D eigenvalue weighted by atomic mass is 9.93. The van der Waals surface area contributed by atoms with Gasteiger partial charge in [0, 0.05) is 12.2 Å². The van der Waals surface area contributed by atoms with Crippen LogP contribution in [0.1, 0.15) is 46.5 Å². The Kier molecular flexibility index (Phi) is 4.11. The molecule has 102 valence electrons. The lowest BCUT2D eigenvalue weighted by Gasteiger charge is -2.26. The van der Waals surface area contributed by atoms with Crippen LogP contribution < -0.4 is 5.32 Å². The summed E-state index contributed by atoms with van der Waals surface area (Å²) < 4.78 is 0. The second-order valence-corrected chi connectivity index (χ2v) is 4.68. The van der Waals surface area contributed by atoms with Crippen molar-refractivity contribution in [2.75, 3.05) is 0 Å². The highest BCUT2D eigenvalue weighted by Gasteiger charge is 2.24. The van der Waals surface area contributed by atoms with E-state index in [2.05, 4.69) is 10.3 Å². The topological polar surface area (TPSA) is 99.5 Å². The average Bonchev–Trinajstić information content (AvgIpc) is 2.41. The molecule has 0 aliphatic heterocycles. The molecule has 1 aliphatic rings. The molecule has 1 aromatic rings. The summed E-state index contributed by atoms with van der Waals surface area (Å²) in [7, 11) is 0. The van der Waals surface area contributed by atoms with Gasteiger partial charge in [0.05, 0.1) is 11.7 Å². The predicted octanol–water partition coefficient (Wildman–Crippen LogP) is 0.813. The Morgan fingerprint density at radius 2 is 1.95 bits per heavy atom. The molecule has 0 radical (unpaired) electrons. The molecular weight excluding hydrogens is 248 g/mol. The number of pyridine rings is 1. The number of rotatable bonds is 3. The van der Waals surface area contributed by atoms with E-state index in [1.54, 1.807) is 0 Å². The number of aromatic nitrogens is 1. The lowest BCUT2D eigenvalue weighted by Crippen LogP contribution is -2.39. The molecule has 19 heavy (non-hydrogen) atoms. The molecule has 6 nitrogen and oxygen atoms in total. The molecule has 6 heteroatoms. The van der Waals surface area contributed by atoms with Crippen molar-refractivity contribution < 1.29 is 19.8 Å². The molecule has 1 aliphatic carbocycles. The number of carbonyl (C=O) groups excluding carboxylic acids is 1. The number of hydrogen-bond donors (Lipinski definition) is 3. The van der Waals surface area contributed by atoms with Crippen LogP contribution in [0.5, 0.6) is 0 Å². The van der Waals surface area contributed by atoms with E-state index in [0.29, 0.717) is 25.7 Å². The van der Waals surface area contributed by atoms with Crippen molar-refractivity contribution >= 4 is 11.9 Å². The van der Waals surface area contributed by atoms with Crippen LogP contribution >= 0.6 is 0 Å². The number of aliphatic hydroxyl groups is 1. The summed E-state index contributed by atoms with van der Waals surface area (Å²) in [5.74, 6) is -1.64. The maximum absolute atomic E-state index is 12.0. The first-order valence-electron chi connectivity index (χ1n) is 6.25. The van der Waals surface area contributed by atoms with Crippen LogP contribution in [-0.4, -0.2) is 39.2 Å². The van der Waals surface area contributed by atoms with Crippen molar-refractivity contribution in [2.45, 2.75) is 37.8 Å². The van der Waals surface area contributed by atoms with Crippen LogP contribution in [0.15, 0.2) is 18.3 Å². The fraction of sp³-hybridized carbons (Fsp3) is 0.462. The average molecular weight is 264 g/mol. The first kappa shape index (κ1) is 13.5. The number of carbonyl (C=O) groups is 2. The zero-order valence-electron chi connectivity index (χ0n) is 10.4. The number of amides is 1. The van der Waals surface area contributed by atoms with Gasteiger partial charge in [-0.15, -0.1) is 0 Å². The van der Waals surface area contributed by atoms with Gasteiger partial charge in [0.15, 0.2) is 0 Å². The molecule has 0 spiro atoms. The second kappa shape index (κ2) is 5.79. The first-order chi connectivity index (χ1) is 9.08. The number of nitrogens with one attached hydrogen (secondary N) is 1. The minimum absolute atomic E-state index is 0.0282. The van der Waals surface area contributed by atoms with Gasteiger partial charge in [-0.1, -0.05) is 0 Å². The largest absolute Gasteiger partial charge is 0.478 e. The second-order valence-electron chi connectivity index (χ2n) is 4.68. The third kappa shape index (κ3) is 3.29. The van der Waals surface area contributed by atoms with Gasteiger partial charge in [0.25, 0.3) is 5.91 Å². The highest BCUT2D eigenvalue weighted by Crippen LogP contribution is 2.18. The van der Waals surface area contributed by atoms with Crippen molar-refractivity contribution in [1.82, 2.24) is 10.3 Å². The van der Waals surface area contributed by atoms with E-state index in [0.717, 1.165) is 0 Å². The summed E-state index contributed by atoms with van der Waals surface area (Å²) in [5.41, 5.74) is -0.169. The third-order valence-electron chi connectivity index (χ3n) is 3.29. The van der Waals surface area contributed by atoms with Crippen molar-refractivity contribution in [3.05, 3.63) is 29.6 Å². The molecule has 1 aromatic heterocycles. The number of carboxylic acid groups (broad SMARTS) is 1. The van der Waals surface area contributed by atoms with Crippen LogP contribution in [0.3, 0.4) is 0 Å². The standard InChI is InChI=1S/C13H16N2O4/c16-9-5-3-8(4-6-9)15-12(17)11-10(13(18)19)2-1-7-14-11/h1-2,7-9,16H,3-6H2,(H,15,17)(H,18,19). The van der Waals surface area contributed by atoms with Gasteiger partial charge in [0.1, 0.15) is 5.69 Å². The predicted molar refractivity (Wildman–Crippen MR) is 66.9 cm³/mol. The van der Waals surface area contributed by atoms with Crippen LogP contribution in [-0.2, 0) is 0 Å². The molecule has 0 atom stereocenters. The molecule has 0 saturated heterocycles. The normalized spacial score (nSPS) is 22.8. The summed E-state index contributed by atoms with van der Waals surface area (Å²) in [6, 6.07) is 2.81. The molecular formula is C13H16N2O4. The van der Waals surface area contributed by atoms with E-state index in [-0.39, 0.29) is 23.4 Å². The maximum Gasteiger partial charge on any atom is 0.338 e. The quantitative estimate of drug-likeness (QED) is 0.750. The van der Waals surface area contributed by atoms with E-state index in [1.165, 1.54) is 18.3 Å². The number of carboxylic acids is 1. The van der Waals surface area contributed by atoms with E-state index < -0.39 is 11.9 Å². The van der Waals surface area contributed by atoms with Crippen LogP contribution in [0, 0.1) is 0 Å².